The number of ether oxygens (including phenoxy) is 1. The molecule has 1 rings (SSSR count). The maximum atomic E-state index is 13.1. The Morgan fingerprint density at radius 3 is 1.14 bits per heavy atom. The topological polar surface area (TPSA) is 139 Å². The van der Waals surface area contributed by atoms with Gasteiger partial charge >= 0.3 is 0 Å². The highest BCUT2D eigenvalue weighted by Crippen LogP contribution is 2.26. The molecule has 1 amide bonds. The number of carbonyl (C=O) groups excluding carboxylic acids is 1. The Balaban J connectivity index is 2.21. The molecule has 1 fully saturated rings. The molecule has 0 bridgehead atoms. The summed E-state index contributed by atoms with van der Waals surface area (Å²) in [6, 6.07) is -0.489. The Morgan fingerprint density at radius 1 is 0.458 bits per heavy atom. The van der Waals surface area contributed by atoms with Crippen LogP contribution in [0.4, 0.5) is 0 Å². The lowest BCUT2D eigenvalue weighted by Gasteiger charge is -2.40. The molecule has 59 heavy (non-hydrogen) atoms. The summed E-state index contributed by atoms with van der Waals surface area (Å²) >= 11 is 0. The highest BCUT2D eigenvalue weighted by Gasteiger charge is 2.43. The Labute approximate surface area is 365 Å². The molecule has 1 aliphatic rings. The average molecular weight is 840 g/mol. The van der Waals surface area contributed by atoms with Gasteiger partial charge in [-0.2, -0.15) is 0 Å². The van der Waals surface area contributed by atoms with Crippen LogP contribution in [-0.4, -0.2) is 80.7 Å². The van der Waals surface area contributed by atoms with Crippen molar-refractivity contribution in [3.8, 4) is 0 Å². The standard InChI is InChI=1S/C51H101NO7/c1-3-5-7-9-11-13-15-17-18-19-20-21-22-23-24-25-26-28-30-32-34-36-38-40-48(55)52-44(41-42-46-49(56)51(58)50(57)47(43-53)59-46)45(54)39-37-35-33-31-29-27-16-14-12-10-8-6-4-2/h44-47,49-51,53-54,56-58H,3-43H2,1-2H3,(H,52,55). The summed E-state index contributed by atoms with van der Waals surface area (Å²) in [4.78, 5) is 13.1. The van der Waals surface area contributed by atoms with Gasteiger partial charge in [-0.15, -0.1) is 0 Å². The minimum Gasteiger partial charge on any atom is -0.394 e. The second-order valence-electron chi connectivity index (χ2n) is 18.7. The van der Waals surface area contributed by atoms with Crippen LogP contribution < -0.4 is 5.32 Å². The van der Waals surface area contributed by atoms with E-state index in [1.54, 1.807) is 0 Å². The fourth-order valence-electron chi connectivity index (χ4n) is 9.04. The predicted molar refractivity (Wildman–Crippen MR) is 248 cm³/mol. The van der Waals surface area contributed by atoms with E-state index in [-0.39, 0.29) is 12.3 Å². The molecule has 0 aliphatic carbocycles. The minimum absolute atomic E-state index is 0.0586. The number of rotatable bonds is 44. The molecular weight excluding hydrogens is 739 g/mol. The van der Waals surface area contributed by atoms with Gasteiger partial charge in [-0.1, -0.05) is 239 Å². The lowest BCUT2D eigenvalue weighted by atomic mass is 9.90. The molecule has 0 spiro atoms. The van der Waals surface area contributed by atoms with Crippen molar-refractivity contribution < 1.29 is 35.1 Å². The molecule has 352 valence electrons. The fourth-order valence-corrected chi connectivity index (χ4v) is 9.04. The quantitative estimate of drug-likeness (QED) is 0.0336. The Kier molecular flexibility index (Phi) is 39.3. The second kappa shape index (κ2) is 41.3. The van der Waals surface area contributed by atoms with Crippen molar-refractivity contribution in [3.63, 3.8) is 0 Å². The van der Waals surface area contributed by atoms with E-state index < -0.39 is 49.3 Å². The first-order chi connectivity index (χ1) is 28.8. The Bertz CT molecular complexity index is 890. The van der Waals surface area contributed by atoms with E-state index in [1.165, 1.54) is 193 Å². The van der Waals surface area contributed by atoms with Gasteiger partial charge in [-0.3, -0.25) is 4.79 Å². The largest absolute Gasteiger partial charge is 0.394 e. The van der Waals surface area contributed by atoms with Crippen LogP contribution in [-0.2, 0) is 9.53 Å². The maximum Gasteiger partial charge on any atom is 0.220 e. The van der Waals surface area contributed by atoms with E-state index in [0.717, 1.165) is 38.5 Å². The highest BCUT2D eigenvalue weighted by atomic mass is 16.5. The molecule has 0 aromatic heterocycles. The van der Waals surface area contributed by atoms with Crippen molar-refractivity contribution in [1.29, 1.82) is 0 Å². The summed E-state index contributed by atoms with van der Waals surface area (Å²) in [6.45, 7) is 4.08. The van der Waals surface area contributed by atoms with Gasteiger partial charge < -0.3 is 35.6 Å². The third kappa shape index (κ3) is 31.7. The van der Waals surface area contributed by atoms with Gasteiger partial charge in [0.1, 0.15) is 24.4 Å². The number of hydrogen-bond donors (Lipinski definition) is 6. The smallest absolute Gasteiger partial charge is 0.220 e. The second-order valence-corrected chi connectivity index (χ2v) is 18.7. The number of nitrogens with one attached hydrogen (secondary N) is 1. The van der Waals surface area contributed by atoms with Crippen molar-refractivity contribution in [2.45, 2.75) is 313 Å². The van der Waals surface area contributed by atoms with Gasteiger partial charge in [0.15, 0.2) is 0 Å². The molecule has 8 nitrogen and oxygen atoms in total. The van der Waals surface area contributed by atoms with Crippen LogP contribution in [0.3, 0.4) is 0 Å². The molecule has 7 unspecified atom stereocenters. The fraction of sp³-hybridized carbons (Fsp3) is 0.980. The monoisotopic (exact) mass is 840 g/mol. The number of aliphatic hydroxyl groups is 5. The van der Waals surface area contributed by atoms with Gasteiger partial charge in [0.25, 0.3) is 0 Å². The van der Waals surface area contributed by atoms with Crippen molar-refractivity contribution >= 4 is 5.91 Å². The summed E-state index contributed by atoms with van der Waals surface area (Å²) in [5.74, 6) is -0.0586. The number of amides is 1. The van der Waals surface area contributed by atoms with E-state index in [4.69, 9.17) is 4.74 Å². The van der Waals surface area contributed by atoms with Gasteiger partial charge in [-0.25, -0.2) is 0 Å². The predicted octanol–water partition coefficient (Wildman–Crippen LogP) is 12.3. The minimum atomic E-state index is -1.42. The zero-order chi connectivity index (χ0) is 43.0. The lowest BCUT2D eigenvalue weighted by Crippen LogP contribution is -2.58. The molecule has 0 saturated carbocycles. The molecule has 0 radical (unpaired) electrons. The number of carbonyl (C=O) groups is 1. The average Bonchev–Trinajstić information content (AvgIpc) is 3.23. The lowest BCUT2D eigenvalue weighted by molar-refractivity contribution is -0.230. The summed E-state index contributed by atoms with van der Waals surface area (Å²) in [5, 5.41) is 55.0. The van der Waals surface area contributed by atoms with Crippen LogP contribution in [0.25, 0.3) is 0 Å². The molecule has 1 aliphatic heterocycles. The van der Waals surface area contributed by atoms with E-state index in [0.29, 0.717) is 19.3 Å². The first kappa shape index (κ1) is 56.2. The van der Waals surface area contributed by atoms with Crippen LogP contribution in [0, 0.1) is 0 Å². The van der Waals surface area contributed by atoms with E-state index >= 15 is 0 Å². The summed E-state index contributed by atoms with van der Waals surface area (Å²) in [5.41, 5.74) is 0. The third-order valence-corrected chi connectivity index (χ3v) is 13.2. The normalized spacial score (nSPS) is 20.6. The van der Waals surface area contributed by atoms with E-state index in [2.05, 4.69) is 19.2 Å². The first-order valence-corrected chi connectivity index (χ1v) is 26.1. The van der Waals surface area contributed by atoms with Crippen molar-refractivity contribution in [2.24, 2.45) is 0 Å². The molecule has 1 saturated heterocycles. The third-order valence-electron chi connectivity index (χ3n) is 13.2. The molecule has 6 N–H and O–H groups in total. The molecular formula is C51H101NO7. The zero-order valence-corrected chi connectivity index (χ0v) is 39.1. The van der Waals surface area contributed by atoms with Gasteiger partial charge in [0, 0.05) is 6.42 Å². The van der Waals surface area contributed by atoms with Gasteiger partial charge in [-0.05, 0) is 25.7 Å². The van der Waals surface area contributed by atoms with Crippen LogP contribution >= 0.6 is 0 Å². The van der Waals surface area contributed by atoms with Crippen LogP contribution in [0.1, 0.15) is 271 Å². The number of aliphatic hydroxyl groups excluding tert-OH is 5. The first-order valence-electron chi connectivity index (χ1n) is 26.1. The molecule has 7 atom stereocenters. The van der Waals surface area contributed by atoms with Crippen LogP contribution in [0.2, 0.25) is 0 Å². The van der Waals surface area contributed by atoms with Crippen molar-refractivity contribution in [2.75, 3.05) is 6.61 Å². The highest BCUT2D eigenvalue weighted by molar-refractivity contribution is 5.76. The Morgan fingerprint density at radius 2 is 0.780 bits per heavy atom. The zero-order valence-electron chi connectivity index (χ0n) is 39.1. The van der Waals surface area contributed by atoms with Crippen molar-refractivity contribution in [3.05, 3.63) is 0 Å². The summed E-state index contributed by atoms with van der Waals surface area (Å²) in [6.07, 6.45) is 42.2. The maximum absolute atomic E-state index is 13.1. The van der Waals surface area contributed by atoms with Crippen molar-refractivity contribution in [1.82, 2.24) is 5.32 Å². The van der Waals surface area contributed by atoms with Gasteiger partial charge in [0.05, 0.1) is 24.9 Å². The number of unbranched alkanes of at least 4 members (excludes halogenated alkanes) is 34. The van der Waals surface area contributed by atoms with Crippen LogP contribution in [0.5, 0.6) is 0 Å². The summed E-state index contributed by atoms with van der Waals surface area (Å²) in [7, 11) is 0. The van der Waals surface area contributed by atoms with E-state index in [1.807, 2.05) is 0 Å². The molecule has 8 heteroatoms. The molecule has 0 aromatic rings. The Hall–Kier alpha value is -0.770. The van der Waals surface area contributed by atoms with Crippen LogP contribution in [0.15, 0.2) is 0 Å². The van der Waals surface area contributed by atoms with Gasteiger partial charge in [0.2, 0.25) is 5.91 Å². The number of hydrogen-bond acceptors (Lipinski definition) is 7. The summed E-state index contributed by atoms with van der Waals surface area (Å²) < 4.78 is 5.72. The molecule has 0 aromatic carbocycles. The van der Waals surface area contributed by atoms with E-state index in [9.17, 15) is 30.3 Å². The molecule has 1 heterocycles. The SMILES string of the molecule is CCCCCCCCCCCCCCCCCCCCCCCCCC(=O)NC(CCC1OC(CO)C(O)C(O)C1O)C(O)CCCCCCCCCCCCCCC.